The van der Waals surface area contributed by atoms with Crippen molar-refractivity contribution in [2.75, 3.05) is 0 Å². The molecule has 0 aliphatic carbocycles. The third-order valence-corrected chi connectivity index (χ3v) is 2.13. The van der Waals surface area contributed by atoms with E-state index in [0.717, 1.165) is 6.07 Å². The molecule has 0 spiro atoms. The second-order valence-electron chi connectivity index (χ2n) is 2.97. The zero-order valence-electron chi connectivity index (χ0n) is 8.02. The number of rotatable bonds is 2. The fraction of sp³-hybridized carbons (Fsp3) is 0.333. The van der Waals surface area contributed by atoms with Gasteiger partial charge in [-0.2, -0.15) is 18.4 Å². The molecule has 0 aromatic carbocycles. The molecule has 1 rings (SSSR count). The molecule has 0 saturated heterocycles. The Labute approximate surface area is 97.6 Å². The van der Waals surface area contributed by atoms with Gasteiger partial charge in [-0.05, 0) is 6.07 Å². The van der Waals surface area contributed by atoms with Crippen molar-refractivity contribution in [3.05, 3.63) is 28.6 Å². The summed E-state index contributed by atoms with van der Waals surface area (Å²) in [5, 5.41) is 8.56. The molecule has 0 bridgehead atoms. The number of alkyl halides is 6. The normalized spacial score (nSPS) is 11.6. The van der Waals surface area contributed by atoms with E-state index in [1.807, 2.05) is 0 Å². The van der Waals surface area contributed by atoms with E-state index in [-0.39, 0.29) is 5.69 Å². The Morgan fingerprint density at radius 2 is 2.00 bits per heavy atom. The molecule has 0 radical (unpaired) electrons. The highest BCUT2D eigenvalue weighted by molar-refractivity contribution is 6.16. The summed E-state index contributed by atoms with van der Waals surface area (Å²) >= 11 is 5.28. The van der Waals surface area contributed by atoms with Gasteiger partial charge in [0.15, 0.2) is 5.69 Å². The number of pyridine rings is 1. The molecule has 0 N–H and O–H groups in total. The SMILES string of the molecule is N#Cc1cc(CCl)nc(C(F)(F)F)c1C(F)F. The molecule has 0 aliphatic rings. The lowest BCUT2D eigenvalue weighted by Crippen LogP contribution is -2.15. The summed E-state index contributed by atoms with van der Waals surface area (Å²) in [5.41, 5.74) is -4.21. The van der Waals surface area contributed by atoms with Crippen LogP contribution in [0.2, 0.25) is 0 Å². The summed E-state index contributed by atoms with van der Waals surface area (Å²) in [7, 11) is 0. The molecule has 1 aromatic rings. The van der Waals surface area contributed by atoms with E-state index >= 15 is 0 Å². The molecule has 0 fully saturated rings. The molecule has 0 amide bonds. The van der Waals surface area contributed by atoms with Crippen LogP contribution in [0.4, 0.5) is 22.0 Å². The van der Waals surface area contributed by atoms with Crippen molar-refractivity contribution in [1.29, 1.82) is 5.26 Å². The van der Waals surface area contributed by atoms with Gasteiger partial charge in [0, 0.05) is 0 Å². The Morgan fingerprint density at radius 1 is 1.41 bits per heavy atom. The number of nitriles is 1. The monoisotopic (exact) mass is 270 g/mol. The van der Waals surface area contributed by atoms with Crippen LogP contribution in [0.3, 0.4) is 0 Å². The summed E-state index contributed by atoms with van der Waals surface area (Å²) in [4.78, 5) is 3.00. The molecule has 1 heterocycles. The molecule has 2 nitrogen and oxygen atoms in total. The molecule has 0 saturated carbocycles. The zero-order chi connectivity index (χ0) is 13.2. The average molecular weight is 271 g/mol. The standard InChI is InChI=1S/C9H4ClF5N2/c10-2-5-1-4(3-16)6(8(11)12)7(17-5)9(13,14)15/h1,8H,2H2. The molecule has 1 aromatic heterocycles. The summed E-state index contributed by atoms with van der Waals surface area (Å²) in [6.07, 6.45) is -8.49. The Balaban J connectivity index is 3.60. The Hall–Kier alpha value is -1.42. The minimum Gasteiger partial charge on any atom is -0.247 e. The maximum atomic E-state index is 12.5. The van der Waals surface area contributed by atoms with Gasteiger partial charge in [-0.1, -0.05) is 0 Å². The highest BCUT2D eigenvalue weighted by Crippen LogP contribution is 2.37. The van der Waals surface area contributed by atoms with Gasteiger partial charge in [-0.15, -0.1) is 11.6 Å². The van der Waals surface area contributed by atoms with Crippen molar-refractivity contribution in [2.24, 2.45) is 0 Å². The number of nitrogens with zero attached hydrogens (tertiary/aromatic N) is 2. The van der Waals surface area contributed by atoms with E-state index in [1.165, 1.54) is 6.07 Å². The van der Waals surface area contributed by atoms with E-state index in [2.05, 4.69) is 4.98 Å². The molecular weight excluding hydrogens is 267 g/mol. The third kappa shape index (κ3) is 2.82. The maximum Gasteiger partial charge on any atom is 0.433 e. The highest BCUT2D eigenvalue weighted by atomic mass is 35.5. The lowest BCUT2D eigenvalue weighted by molar-refractivity contribution is -0.143. The van der Waals surface area contributed by atoms with E-state index in [4.69, 9.17) is 16.9 Å². The van der Waals surface area contributed by atoms with Gasteiger partial charge in [-0.3, -0.25) is 0 Å². The van der Waals surface area contributed by atoms with E-state index in [1.54, 1.807) is 0 Å². The van der Waals surface area contributed by atoms with Crippen molar-refractivity contribution in [1.82, 2.24) is 4.98 Å². The van der Waals surface area contributed by atoms with Crippen LogP contribution < -0.4 is 0 Å². The quantitative estimate of drug-likeness (QED) is 0.607. The van der Waals surface area contributed by atoms with Crippen LogP contribution in [0.25, 0.3) is 0 Å². The first-order valence-corrected chi connectivity index (χ1v) is 4.70. The average Bonchev–Trinajstić information content (AvgIpc) is 2.25. The summed E-state index contributed by atoms with van der Waals surface area (Å²) in [6, 6.07) is 2.11. The molecule has 0 aliphatic heterocycles. The molecule has 0 atom stereocenters. The van der Waals surface area contributed by atoms with Gasteiger partial charge in [-0.25, -0.2) is 13.8 Å². The summed E-state index contributed by atoms with van der Waals surface area (Å²) in [6.45, 7) is 0. The van der Waals surface area contributed by atoms with Crippen molar-refractivity contribution in [3.8, 4) is 6.07 Å². The van der Waals surface area contributed by atoms with Crippen LogP contribution in [0, 0.1) is 11.3 Å². The van der Waals surface area contributed by atoms with Crippen molar-refractivity contribution in [3.63, 3.8) is 0 Å². The predicted octanol–water partition coefficient (Wildman–Crippen LogP) is 3.65. The Bertz CT molecular complexity index is 464. The smallest absolute Gasteiger partial charge is 0.247 e. The first-order chi connectivity index (χ1) is 7.81. The third-order valence-electron chi connectivity index (χ3n) is 1.86. The number of hydrogen-bond acceptors (Lipinski definition) is 2. The fourth-order valence-corrected chi connectivity index (χ4v) is 1.34. The van der Waals surface area contributed by atoms with Crippen LogP contribution in [0.15, 0.2) is 6.07 Å². The molecular formula is C9H4ClF5N2. The van der Waals surface area contributed by atoms with Crippen LogP contribution in [0.1, 0.15) is 28.9 Å². The van der Waals surface area contributed by atoms with E-state index in [9.17, 15) is 22.0 Å². The number of hydrogen-bond donors (Lipinski definition) is 0. The molecule has 8 heteroatoms. The lowest BCUT2D eigenvalue weighted by atomic mass is 10.1. The zero-order valence-corrected chi connectivity index (χ0v) is 8.78. The number of halogens is 6. The van der Waals surface area contributed by atoms with Gasteiger partial charge in [0.1, 0.15) is 0 Å². The molecule has 0 unspecified atom stereocenters. The van der Waals surface area contributed by atoms with Crippen LogP contribution in [-0.4, -0.2) is 4.98 Å². The second kappa shape index (κ2) is 4.84. The lowest BCUT2D eigenvalue weighted by Gasteiger charge is -2.13. The van der Waals surface area contributed by atoms with Crippen LogP contribution in [-0.2, 0) is 12.1 Å². The molecule has 17 heavy (non-hydrogen) atoms. The van der Waals surface area contributed by atoms with Crippen molar-refractivity contribution in [2.45, 2.75) is 18.5 Å². The topological polar surface area (TPSA) is 36.7 Å². The highest BCUT2D eigenvalue weighted by Gasteiger charge is 2.39. The summed E-state index contributed by atoms with van der Waals surface area (Å²) in [5.74, 6) is -0.402. The largest absolute Gasteiger partial charge is 0.433 e. The maximum absolute atomic E-state index is 12.5. The van der Waals surface area contributed by atoms with Crippen molar-refractivity contribution >= 4 is 11.6 Å². The van der Waals surface area contributed by atoms with Crippen LogP contribution >= 0.6 is 11.6 Å². The minimum absolute atomic E-state index is 0.278. The van der Waals surface area contributed by atoms with Gasteiger partial charge in [0.2, 0.25) is 0 Å². The van der Waals surface area contributed by atoms with Gasteiger partial charge in [0.25, 0.3) is 6.43 Å². The van der Waals surface area contributed by atoms with Gasteiger partial charge >= 0.3 is 6.18 Å². The summed E-state index contributed by atoms with van der Waals surface area (Å²) < 4.78 is 62.5. The van der Waals surface area contributed by atoms with Gasteiger partial charge < -0.3 is 0 Å². The predicted molar refractivity (Wildman–Crippen MR) is 48.5 cm³/mol. The molecule has 92 valence electrons. The van der Waals surface area contributed by atoms with E-state index < -0.39 is 35.3 Å². The number of aromatic nitrogens is 1. The Kier molecular flexibility index (Phi) is 3.88. The fourth-order valence-electron chi connectivity index (χ4n) is 1.21. The van der Waals surface area contributed by atoms with Crippen molar-refractivity contribution < 1.29 is 22.0 Å². The Morgan fingerprint density at radius 3 is 2.35 bits per heavy atom. The first-order valence-electron chi connectivity index (χ1n) is 4.16. The minimum atomic E-state index is -5.06. The van der Waals surface area contributed by atoms with E-state index in [0.29, 0.717) is 0 Å². The van der Waals surface area contributed by atoms with Gasteiger partial charge in [0.05, 0.1) is 28.8 Å². The van der Waals surface area contributed by atoms with Crippen LogP contribution in [0.5, 0.6) is 0 Å². The first kappa shape index (κ1) is 13.6. The second-order valence-corrected chi connectivity index (χ2v) is 3.23.